The van der Waals surface area contributed by atoms with E-state index in [1.54, 1.807) is 7.11 Å². The van der Waals surface area contributed by atoms with Crippen molar-refractivity contribution in [2.45, 2.75) is 38.4 Å². The number of likely N-dealkylation sites (tertiary alicyclic amines) is 1. The Morgan fingerprint density at radius 1 is 1.39 bits per heavy atom. The number of likely N-dealkylation sites (N-methyl/N-ethyl adjacent to an activating group) is 1. The molecule has 0 radical (unpaired) electrons. The maximum Gasteiger partial charge on any atom is 0.123 e. The van der Waals surface area contributed by atoms with Crippen LogP contribution in [0, 0.1) is 0 Å². The second-order valence-corrected chi connectivity index (χ2v) is 5.35. The van der Waals surface area contributed by atoms with Crippen LogP contribution in [-0.4, -0.2) is 37.7 Å². The average molecular weight is 248 g/mol. The van der Waals surface area contributed by atoms with E-state index in [0.29, 0.717) is 18.1 Å². The van der Waals surface area contributed by atoms with Gasteiger partial charge in [-0.3, -0.25) is 0 Å². The highest BCUT2D eigenvalue weighted by Gasteiger charge is 2.27. The number of methoxy groups -OCH3 is 1. The lowest BCUT2D eigenvalue weighted by Gasteiger charge is -2.21. The third-order valence-electron chi connectivity index (χ3n) is 3.98. The molecule has 0 aromatic heterocycles. The molecule has 100 valence electrons. The van der Waals surface area contributed by atoms with Crippen LogP contribution in [-0.2, 0) is 0 Å². The van der Waals surface area contributed by atoms with Crippen molar-refractivity contribution in [3.05, 3.63) is 29.8 Å². The first-order valence-corrected chi connectivity index (χ1v) is 6.71. The minimum absolute atomic E-state index is 0.324. The van der Waals surface area contributed by atoms with Gasteiger partial charge in [0.25, 0.3) is 0 Å². The number of rotatable bonds is 4. The largest absolute Gasteiger partial charge is 0.496 e. The molecule has 3 atom stereocenters. The Labute approximate surface area is 110 Å². The number of benzene rings is 1. The van der Waals surface area contributed by atoms with Gasteiger partial charge in [-0.15, -0.1) is 0 Å². The first-order chi connectivity index (χ1) is 8.61. The van der Waals surface area contributed by atoms with E-state index in [1.807, 2.05) is 12.1 Å². The van der Waals surface area contributed by atoms with Crippen molar-refractivity contribution in [2.24, 2.45) is 0 Å². The van der Waals surface area contributed by atoms with Crippen LogP contribution in [0.3, 0.4) is 0 Å². The van der Waals surface area contributed by atoms with Crippen LogP contribution in [0.1, 0.15) is 31.9 Å². The highest BCUT2D eigenvalue weighted by molar-refractivity contribution is 5.35. The molecule has 3 heteroatoms. The molecule has 18 heavy (non-hydrogen) atoms. The summed E-state index contributed by atoms with van der Waals surface area (Å²) in [6.07, 6.45) is 1.22. The topological polar surface area (TPSA) is 24.5 Å². The molecule has 1 N–H and O–H groups in total. The minimum Gasteiger partial charge on any atom is -0.496 e. The van der Waals surface area contributed by atoms with E-state index in [1.165, 1.54) is 12.0 Å². The molecule has 0 bridgehead atoms. The summed E-state index contributed by atoms with van der Waals surface area (Å²) >= 11 is 0. The van der Waals surface area contributed by atoms with E-state index in [4.69, 9.17) is 4.74 Å². The van der Waals surface area contributed by atoms with Crippen molar-refractivity contribution in [1.29, 1.82) is 0 Å². The molecule has 1 saturated heterocycles. The van der Waals surface area contributed by atoms with E-state index < -0.39 is 0 Å². The van der Waals surface area contributed by atoms with Gasteiger partial charge in [-0.2, -0.15) is 0 Å². The smallest absolute Gasteiger partial charge is 0.123 e. The SMILES string of the molecule is COc1ccccc1[C@@H](C)NC1CC(C)N(C)C1. The van der Waals surface area contributed by atoms with E-state index in [9.17, 15) is 0 Å². The number of hydrogen-bond donors (Lipinski definition) is 1. The summed E-state index contributed by atoms with van der Waals surface area (Å²) < 4.78 is 5.42. The van der Waals surface area contributed by atoms with Crippen LogP contribution in [0.25, 0.3) is 0 Å². The van der Waals surface area contributed by atoms with E-state index in [2.05, 4.69) is 43.2 Å². The number of nitrogens with one attached hydrogen (secondary N) is 1. The lowest BCUT2D eigenvalue weighted by atomic mass is 10.1. The maximum absolute atomic E-state index is 5.42. The molecule has 0 aliphatic carbocycles. The normalized spacial score (nSPS) is 26.2. The van der Waals surface area contributed by atoms with Gasteiger partial charge < -0.3 is 15.0 Å². The van der Waals surface area contributed by atoms with Gasteiger partial charge in [-0.05, 0) is 33.4 Å². The zero-order chi connectivity index (χ0) is 13.1. The van der Waals surface area contributed by atoms with Crippen LogP contribution < -0.4 is 10.1 Å². The molecule has 1 aromatic carbocycles. The fraction of sp³-hybridized carbons (Fsp3) is 0.600. The van der Waals surface area contributed by atoms with Gasteiger partial charge in [-0.1, -0.05) is 18.2 Å². The van der Waals surface area contributed by atoms with E-state index in [0.717, 1.165) is 12.3 Å². The van der Waals surface area contributed by atoms with Crippen LogP contribution in [0.15, 0.2) is 24.3 Å². The van der Waals surface area contributed by atoms with Gasteiger partial charge in [0.05, 0.1) is 7.11 Å². The van der Waals surface area contributed by atoms with Gasteiger partial charge in [0, 0.05) is 30.2 Å². The van der Waals surface area contributed by atoms with Crippen molar-refractivity contribution < 1.29 is 4.74 Å². The zero-order valence-electron chi connectivity index (χ0n) is 11.8. The monoisotopic (exact) mass is 248 g/mol. The molecular formula is C15H24N2O. The summed E-state index contributed by atoms with van der Waals surface area (Å²) in [7, 11) is 3.93. The van der Waals surface area contributed by atoms with Gasteiger partial charge in [-0.25, -0.2) is 0 Å². The Kier molecular flexibility index (Phi) is 4.25. The van der Waals surface area contributed by atoms with Crippen molar-refractivity contribution in [3.63, 3.8) is 0 Å². The van der Waals surface area contributed by atoms with Crippen molar-refractivity contribution in [2.75, 3.05) is 20.7 Å². The third-order valence-corrected chi connectivity index (χ3v) is 3.98. The Balaban J connectivity index is 2.01. The summed E-state index contributed by atoms with van der Waals surface area (Å²) in [5.74, 6) is 0.969. The van der Waals surface area contributed by atoms with Gasteiger partial charge >= 0.3 is 0 Å². The van der Waals surface area contributed by atoms with Crippen LogP contribution >= 0.6 is 0 Å². The first-order valence-electron chi connectivity index (χ1n) is 6.71. The molecule has 2 rings (SSSR count). The molecule has 1 aliphatic heterocycles. The lowest BCUT2D eigenvalue weighted by Crippen LogP contribution is -2.33. The average Bonchev–Trinajstić information content (AvgIpc) is 2.68. The Morgan fingerprint density at radius 2 is 2.11 bits per heavy atom. The summed E-state index contributed by atoms with van der Waals surface area (Å²) in [5, 5.41) is 3.71. The Hall–Kier alpha value is -1.06. The summed E-state index contributed by atoms with van der Waals surface area (Å²) in [6.45, 7) is 5.62. The predicted molar refractivity (Wildman–Crippen MR) is 75.0 cm³/mol. The molecule has 1 aromatic rings. The summed E-state index contributed by atoms with van der Waals surface area (Å²) in [6, 6.07) is 9.82. The number of para-hydroxylation sites is 1. The standard InChI is InChI=1S/C15H24N2O/c1-11-9-13(10-17(11)3)16-12(2)14-7-5-6-8-15(14)18-4/h5-8,11-13,16H,9-10H2,1-4H3/t11?,12-,13?/m1/s1. The molecule has 0 spiro atoms. The van der Waals surface area contributed by atoms with Crippen LogP contribution in [0.4, 0.5) is 0 Å². The second kappa shape index (κ2) is 5.72. The molecule has 0 amide bonds. The molecule has 1 aliphatic rings. The highest BCUT2D eigenvalue weighted by atomic mass is 16.5. The van der Waals surface area contributed by atoms with Crippen LogP contribution in [0.5, 0.6) is 5.75 Å². The summed E-state index contributed by atoms with van der Waals surface area (Å²) in [4.78, 5) is 2.41. The molecule has 1 heterocycles. The van der Waals surface area contributed by atoms with E-state index in [-0.39, 0.29) is 0 Å². The Bertz CT molecular complexity index is 384. The molecule has 3 nitrogen and oxygen atoms in total. The summed E-state index contributed by atoms with van der Waals surface area (Å²) in [5.41, 5.74) is 1.24. The Morgan fingerprint density at radius 3 is 2.72 bits per heavy atom. The second-order valence-electron chi connectivity index (χ2n) is 5.35. The lowest BCUT2D eigenvalue weighted by molar-refractivity contribution is 0.324. The number of ether oxygens (including phenoxy) is 1. The molecule has 0 saturated carbocycles. The van der Waals surface area contributed by atoms with Gasteiger partial charge in [0.1, 0.15) is 5.75 Å². The maximum atomic E-state index is 5.42. The predicted octanol–water partition coefficient (Wildman–Crippen LogP) is 2.44. The quantitative estimate of drug-likeness (QED) is 0.885. The third kappa shape index (κ3) is 2.85. The number of hydrogen-bond acceptors (Lipinski definition) is 3. The van der Waals surface area contributed by atoms with E-state index >= 15 is 0 Å². The zero-order valence-corrected chi connectivity index (χ0v) is 11.8. The van der Waals surface area contributed by atoms with Crippen molar-refractivity contribution in [3.8, 4) is 5.75 Å². The fourth-order valence-corrected chi connectivity index (χ4v) is 2.78. The highest BCUT2D eigenvalue weighted by Crippen LogP contribution is 2.26. The molecule has 2 unspecified atom stereocenters. The molecular weight excluding hydrogens is 224 g/mol. The minimum atomic E-state index is 0.324. The van der Waals surface area contributed by atoms with Crippen molar-refractivity contribution >= 4 is 0 Å². The number of nitrogens with zero attached hydrogens (tertiary/aromatic N) is 1. The van der Waals surface area contributed by atoms with Gasteiger partial charge in [0.15, 0.2) is 0 Å². The van der Waals surface area contributed by atoms with Crippen LogP contribution in [0.2, 0.25) is 0 Å². The fourth-order valence-electron chi connectivity index (χ4n) is 2.78. The van der Waals surface area contributed by atoms with Gasteiger partial charge in [0.2, 0.25) is 0 Å². The first kappa shape index (κ1) is 13.4. The van der Waals surface area contributed by atoms with Crippen molar-refractivity contribution in [1.82, 2.24) is 10.2 Å². The molecule has 1 fully saturated rings.